The Morgan fingerprint density at radius 2 is 1.91 bits per heavy atom. The van der Waals surface area contributed by atoms with Crippen LogP contribution in [0.3, 0.4) is 0 Å². The minimum absolute atomic E-state index is 0.268. The van der Waals surface area contributed by atoms with E-state index in [9.17, 15) is 0 Å². The van der Waals surface area contributed by atoms with E-state index in [1.165, 1.54) is 6.42 Å². The maximum absolute atomic E-state index is 5.83. The average molecular weight is 320 g/mol. The van der Waals surface area contributed by atoms with Crippen molar-refractivity contribution in [3.8, 4) is 0 Å². The Bertz CT molecular complexity index is 541. The summed E-state index contributed by atoms with van der Waals surface area (Å²) < 4.78 is 13.8. The molecular weight excluding hydrogens is 292 g/mol. The third kappa shape index (κ3) is 3.04. The van der Waals surface area contributed by atoms with E-state index >= 15 is 0 Å². The summed E-state index contributed by atoms with van der Waals surface area (Å²) in [6.07, 6.45) is 6.56. The van der Waals surface area contributed by atoms with Crippen molar-refractivity contribution in [2.45, 2.75) is 82.7 Å². The van der Waals surface area contributed by atoms with Crippen LogP contribution in [0.5, 0.6) is 0 Å². The quantitative estimate of drug-likeness (QED) is 0.927. The lowest BCUT2D eigenvalue weighted by Gasteiger charge is -2.37. The molecule has 1 aliphatic carbocycles. The van der Waals surface area contributed by atoms with E-state index in [-0.39, 0.29) is 5.79 Å². The molecule has 128 valence electrons. The highest BCUT2D eigenvalue weighted by Gasteiger charge is 2.41. The number of rotatable bonds is 3. The van der Waals surface area contributed by atoms with E-state index in [1.807, 2.05) is 0 Å². The van der Waals surface area contributed by atoms with Crippen molar-refractivity contribution in [2.24, 2.45) is 0 Å². The van der Waals surface area contributed by atoms with Crippen molar-refractivity contribution >= 4 is 0 Å². The SMILES string of the molecule is CC(C)c1nc2n(n1)CCC[C@H]2NC1CCC2(CC1)OCCO2. The van der Waals surface area contributed by atoms with E-state index in [1.54, 1.807) is 0 Å². The van der Waals surface area contributed by atoms with Crippen molar-refractivity contribution < 1.29 is 9.47 Å². The van der Waals surface area contributed by atoms with Crippen LogP contribution in [0, 0.1) is 0 Å². The zero-order valence-electron chi connectivity index (χ0n) is 14.3. The standard InChI is InChI=1S/C17H28N4O2/c1-12(2)15-19-16-14(4-3-9-21(16)20-15)18-13-5-7-17(8-6-13)22-10-11-23-17/h12-14,18H,3-11H2,1-2H3/t14-/m1/s1. The highest BCUT2D eigenvalue weighted by molar-refractivity contribution is 5.05. The Morgan fingerprint density at radius 3 is 2.61 bits per heavy atom. The van der Waals surface area contributed by atoms with Crippen LogP contribution in [0.1, 0.15) is 76.0 Å². The van der Waals surface area contributed by atoms with E-state index < -0.39 is 0 Å². The fourth-order valence-electron chi connectivity index (χ4n) is 4.07. The second-order valence-electron chi connectivity index (χ2n) is 7.45. The molecule has 0 radical (unpaired) electrons. The second kappa shape index (κ2) is 6.15. The number of nitrogens with one attached hydrogen (secondary N) is 1. The predicted molar refractivity (Wildman–Crippen MR) is 86.1 cm³/mol. The van der Waals surface area contributed by atoms with Crippen molar-refractivity contribution in [2.75, 3.05) is 13.2 Å². The third-order valence-electron chi connectivity index (χ3n) is 5.41. The van der Waals surface area contributed by atoms with Gasteiger partial charge in [-0.2, -0.15) is 5.10 Å². The number of aromatic nitrogens is 3. The molecular formula is C17H28N4O2. The topological polar surface area (TPSA) is 61.2 Å². The summed E-state index contributed by atoms with van der Waals surface area (Å²) in [5.74, 6) is 2.23. The zero-order chi connectivity index (χ0) is 15.9. The number of hydrogen-bond donors (Lipinski definition) is 1. The zero-order valence-corrected chi connectivity index (χ0v) is 14.3. The van der Waals surface area contributed by atoms with Gasteiger partial charge in [0, 0.05) is 31.3 Å². The molecule has 4 rings (SSSR count). The Hall–Kier alpha value is -0.980. The highest BCUT2D eigenvalue weighted by atomic mass is 16.7. The summed E-state index contributed by atoms with van der Waals surface area (Å²) >= 11 is 0. The summed E-state index contributed by atoms with van der Waals surface area (Å²) in [6, 6.07) is 0.873. The van der Waals surface area contributed by atoms with Crippen LogP contribution >= 0.6 is 0 Å². The number of fused-ring (bicyclic) bond motifs is 1. The minimum atomic E-state index is -0.268. The summed E-state index contributed by atoms with van der Waals surface area (Å²) in [5.41, 5.74) is 0. The predicted octanol–water partition coefficient (Wildman–Crippen LogP) is 2.51. The van der Waals surface area contributed by atoms with Gasteiger partial charge in [-0.3, -0.25) is 0 Å². The van der Waals surface area contributed by atoms with Crippen LogP contribution in [0.4, 0.5) is 0 Å². The smallest absolute Gasteiger partial charge is 0.168 e. The van der Waals surface area contributed by atoms with Gasteiger partial charge in [-0.25, -0.2) is 9.67 Å². The fraction of sp³-hybridized carbons (Fsp3) is 0.882. The molecule has 0 bridgehead atoms. The van der Waals surface area contributed by atoms with E-state index in [2.05, 4.69) is 28.9 Å². The Kier molecular flexibility index (Phi) is 4.15. The molecule has 0 amide bonds. The number of aryl methyl sites for hydroxylation is 1. The summed E-state index contributed by atoms with van der Waals surface area (Å²) in [7, 11) is 0. The molecule has 2 aliphatic heterocycles. The summed E-state index contributed by atoms with van der Waals surface area (Å²) in [4.78, 5) is 4.81. The van der Waals surface area contributed by atoms with Gasteiger partial charge in [0.05, 0.1) is 19.3 Å². The number of ether oxygens (including phenoxy) is 2. The van der Waals surface area contributed by atoms with Crippen LogP contribution in [-0.4, -0.2) is 39.8 Å². The van der Waals surface area contributed by atoms with Gasteiger partial charge in [-0.05, 0) is 25.7 Å². The first-order valence-electron chi connectivity index (χ1n) is 9.14. The van der Waals surface area contributed by atoms with Crippen LogP contribution < -0.4 is 5.32 Å². The molecule has 23 heavy (non-hydrogen) atoms. The first-order valence-corrected chi connectivity index (χ1v) is 9.14. The van der Waals surface area contributed by atoms with Gasteiger partial charge in [0.1, 0.15) is 5.82 Å². The molecule has 0 unspecified atom stereocenters. The largest absolute Gasteiger partial charge is 0.348 e. The molecule has 6 nitrogen and oxygen atoms in total. The molecule has 1 atom stereocenters. The highest BCUT2D eigenvalue weighted by Crippen LogP contribution is 2.37. The summed E-state index contributed by atoms with van der Waals surface area (Å²) in [6.45, 7) is 6.82. The van der Waals surface area contributed by atoms with Gasteiger partial charge in [0.15, 0.2) is 11.6 Å². The minimum Gasteiger partial charge on any atom is -0.348 e. The van der Waals surface area contributed by atoms with Crippen LogP contribution in [-0.2, 0) is 16.0 Å². The van der Waals surface area contributed by atoms with Crippen molar-refractivity contribution in [1.82, 2.24) is 20.1 Å². The molecule has 3 aliphatic rings. The Labute approximate surface area is 137 Å². The van der Waals surface area contributed by atoms with Crippen molar-refractivity contribution in [3.05, 3.63) is 11.6 Å². The number of nitrogens with zero attached hydrogens (tertiary/aromatic N) is 3. The van der Waals surface area contributed by atoms with Crippen LogP contribution in [0.2, 0.25) is 0 Å². The van der Waals surface area contributed by atoms with Gasteiger partial charge >= 0.3 is 0 Å². The monoisotopic (exact) mass is 320 g/mol. The van der Waals surface area contributed by atoms with Crippen molar-refractivity contribution in [1.29, 1.82) is 0 Å². The molecule has 1 aromatic heterocycles. The first kappa shape index (κ1) is 15.5. The molecule has 3 heterocycles. The van der Waals surface area contributed by atoms with Gasteiger partial charge in [-0.1, -0.05) is 13.8 Å². The normalized spacial score (nSPS) is 27.7. The van der Waals surface area contributed by atoms with Gasteiger partial charge < -0.3 is 14.8 Å². The van der Waals surface area contributed by atoms with Gasteiger partial charge in [0.2, 0.25) is 0 Å². The molecule has 1 spiro atoms. The first-order chi connectivity index (χ1) is 11.2. The molecule has 0 aromatic carbocycles. The van der Waals surface area contributed by atoms with E-state index in [0.29, 0.717) is 18.0 Å². The lowest BCUT2D eigenvalue weighted by molar-refractivity contribution is -0.179. The van der Waals surface area contributed by atoms with Crippen LogP contribution in [0.15, 0.2) is 0 Å². The third-order valence-corrected chi connectivity index (χ3v) is 5.41. The maximum Gasteiger partial charge on any atom is 0.168 e. The molecule has 6 heteroatoms. The fourth-order valence-corrected chi connectivity index (χ4v) is 4.07. The van der Waals surface area contributed by atoms with Gasteiger partial charge in [-0.15, -0.1) is 0 Å². The number of hydrogen-bond acceptors (Lipinski definition) is 5. The van der Waals surface area contributed by atoms with Crippen LogP contribution in [0.25, 0.3) is 0 Å². The second-order valence-corrected chi connectivity index (χ2v) is 7.45. The molecule has 1 saturated heterocycles. The molecule has 1 saturated carbocycles. The Morgan fingerprint density at radius 1 is 1.17 bits per heavy atom. The molecule has 2 fully saturated rings. The summed E-state index contributed by atoms with van der Waals surface area (Å²) in [5, 5.41) is 8.52. The average Bonchev–Trinajstić information content (AvgIpc) is 3.18. The molecule has 1 aromatic rings. The van der Waals surface area contributed by atoms with Crippen molar-refractivity contribution in [3.63, 3.8) is 0 Å². The maximum atomic E-state index is 5.83. The van der Waals surface area contributed by atoms with E-state index in [4.69, 9.17) is 14.5 Å². The molecule has 1 N–H and O–H groups in total. The van der Waals surface area contributed by atoms with E-state index in [0.717, 1.165) is 63.5 Å². The lowest BCUT2D eigenvalue weighted by atomic mass is 9.89. The Balaban J connectivity index is 1.40. The lowest BCUT2D eigenvalue weighted by Crippen LogP contribution is -2.44. The van der Waals surface area contributed by atoms with Gasteiger partial charge in [0.25, 0.3) is 0 Å².